The normalized spacial score (nSPS) is 24.9. The van der Waals surface area contributed by atoms with Gasteiger partial charge in [0.25, 0.3) is 0 Å². The molecule has 2 unspecified atom stereocenters. The number of carbonyl (C=O) groups is 1. The fraction of sp³-hybridized carbons (Fsp3) is 0.909. The van der Waals surface area contributed by atoms with Gasteiger partial charge in [0.1, 0.15) is 6.61 Å². The zero-order valence-corrected chi connectivity index (χ0v) is 11.5. The molecule has 2 atom stereocenters. The van der Waals surface area contributed by atoms with E-state index >= 15 is 0 Å². The molecule has 106 valence electrons. The summed E-state index contributed by atoms with van der Waals surface area (Å²) in [6.07, 6.45) is -1.64. The SMILES string of the molecule is O=C(CCBr)NC1CCCC(OCC(F)(F)F)C1. The molecule has 7 heteroatoms. The van der Waals surface area contributed by atoms with Crippen LogP contribution in [0, 0.1) is 0 Å². The average molecular weight is 332 g/mol. The van der Waals surface area contributed by atoms with Crippen LogP contribution < -0.4 is 5.32 Å². The maximum atomic E-state index is 12.0. The van der Waals surface area contributed by atoms with Crippen molar-refractivity contribution >= 4 is 21.8 Å². The molecule has 0 aromatic carbocycles. The van der Waals surface area contributed by atoms with E-state index in [2.05, 4.69) is 21.2 Å². The van der Waals surface area contributed by atoms with Crippen molar-refractivity contribution in [1.29, 1.82) is 0 Å². The summed E-state index contributed by atoms with van der Waals surface area (Å²) < 4.78 is 40.9. The lowest BCUT2D eigenvalue weighted by Gasteiger charge is -2.30. The highest BCUT2D eigenvalue weighted by Crippen LogP contribution is 2.24. The fourth-order valence-corrected chi connectivity index (χ4v) is 2.39. The van der Waals surface area contributed by atoms with Gasteiger partial charge in [0.2, 0.25) is 5.91 Å². The Labute approximate surface area is 113 Å². The number of halogens is 4. The predicted octanol–water partition coefficient (Wildman–Crippen LogP) is 2.78. The van der Waals surface area contributed by atoms with Crippen LogP contribution in [0.4, 0.5) is 13.2 Å². The van der Waals surface area contributed by atoms with Crippen molar-refractivity contribution in [2.75, 3.05) is 11.9 Å². The Morgan fingerprint density at radius 2 is 2.11 bits per heavy atom. The third kappa shape index (κ3) is 6.58. The van der Waals surface area contributed by atoms with E-state index in [-0.39, 0.29) is 11.9 Å². The average Bonchev–Trinajstić information content (AvgIpc) is 2.26. The minimum absolute atomic E-state index is 0.0662. The van der Waals surface area contributed by atoms with Crippen LogP contribution in [0.5, 0.6) is 0 Å². The van der Waals surface area contributed by atoms with Gasteiger partial charge in [0.05, 0.1) is 6.10 Å². The smallest absolute Gasteiger partial charge is 0.369 e. The van der Waals surface area contributed by atoms with Crippen LogP contribution in [0.15, 0.2) is 0 Å². The Morgan fingerprint density at radius 3 is 2.72 bits per heavy atom. The Kier molecular flexibility index (Phi) is 6.42. The molecule has 1 rings (SSSR count). The molecule has 0 radical (unpaired) electrons. The lowest BCUT2D eigenvalue weighted by Crippen LogP contribution is -2.41. The number of hydrogen-bond donors (Lipinski definition) is 1. The second-order valence-electron chi connectivity index (χ2n) is 4.42. The number of ether oxygens (including phenoxy) is 1. The van der Waals surface area contributed by atoms with Gasteiger partial charge in [-0.2, -0.15) is 13.2 Å². The van der Waals surface area contributed by atoms with Gasteiger partial charge in [-0.15, -0.1) is 0 Å². The lowest BCUT2D eigenvalue weighted by atomic mass is 9.92. The topological polar surface area (TPSA) is 38.3 Å². The summed E-state index contributed by atoms with van der Waals surface area (Å²) in [5.74, 6) is -0.0756. The summed E-state index contributed by atoms with van der Waals surface area (Å²) >= 11 is 3.16. The molecule has 0 bridgehead atoms. The molecule has 3 nitrogen and oxygen atoms in total. The Bertz CT molecular complexity index is 274. The van der Waals surface area contributed by atoms with Crippen LogP contribution in [0.3, 0.4) is 0 Å². The first kappa shape index (κ1) is 15.8. The number of carbonyl (C=O) groups excluding carboxylic acids is 1. The number of rotatable bonds is 5. The maximum absolute atomic E-state index is 12.0. The summed E-state index contributed by atoms with van der Waals surface area (Å²) in [7, 11) is 0. The molecule has 18 heavy (non-hydrogen) atoms. The molecular formula is C11H17BrF3NO2. The number of nitrogens with one attached hydrogen (secondary N) is 1. The fourth-order valence-electron chi connectivity index (χ4n) is 2.03. The zero-order chi connectivity index (χ0) is 13.6. The number of alkyl halides is 4. The Morgan fingerprint density at radius 1 is 1.39 bits per heavy atom. The van der Waals surface area contributed by atoms with Gasteiger partial charge in [0, 0.05) is 17.8 Å². The molecule has 0 aromatic heterocycles. The minimum atomic E-state index is -4.29. The number of amides is 1. The molecule has 0 heterocycles. The maximum Gasteiger partial charge on any atom is 0.411 e. The van der Waals surface area contributed by atoms with E-state index in [1.165, 1.54) is 0 Å². The van der Waals surface area contributed by atoms with Crippen molar-refractivity contribution in [3.8, 4) is 0 Å². The van der Waals surface area contributed by atoms with Gasteiger partial charge in [0.15, 0.2) is 0 Å². The third-order valence-electron chi connectivity index (χ3n) is 2.80. The van der Waals surface area contributed by atoms with E-state index in [4.69, 9.17) is 4.74 Å². The van der Waals surface area contributed by atoms with Gasteiger partial charge in [-0.1, -0.05) is 15.9 Å². The molecule has 0 aliphatic heterocycles. The summed E-state index contributed by atoms with van der Waals surface area (Å²) in [5.41, 5.74) is 0. The van der Waals surface area contributed by atoms with Crippen LogP contribution in [0.2, 0.25) is 0 Å². The second-order valence-corrected chi connectivity index (χ2v) is 5.21. The van der Waals surface area contributed by atoms with Crippen molar-refractivity contribution < 1.29 is 22.7 Å². The van der Waals surface area contributed by atoms with E-state index < -0.39 is 18.9 Å². The third-order valence-corrected chi connectivity index (χ3v) is 3.19. The van der Waals surface area contributed by atoms with Crippen LogP contribution in [0.25, 0.3) is 0 Å². The zero-order valence-electron chi connectivity index (χ0n) is 9.93. The molecule has 1 fully saturated rings. The van der Waals surface area contributed by atoms with Gasteiger partial charge in [-0.05, 0) is 25.7 Å². The van der Waals surface area contributed by atoms with Crippen molar-refractivity contribution in [1.82, 2.24) is 5.32 Å². The van der Waals surface area contributed by atoms with Gasteiger partial charge >= 0.3 is 6.18 Å². The molecule has 0 spiro atoms. The molecule has 1 amide bonds. The molecule has 0 saturated heterocycles. The van der Waals surface area contributed by atoms with E-state index in [0.29, 0.717) is 24.6 Å². The molecule has 1 aliphatic carbocycles. The van der Waals surface area contributed by atoms with Crippen LogP contribution >= 0.6 is 15.9 Å². The summed E-state index contributed by atoms with van der Waals surface area (Å²) in [6, 6.07) is -0.0662. The first-order valence-corrected chi connectivity index (χ1v) is 7.06. The largest absolute Gasteiger partial charge is 0.411 e. The summed E-state index contributed by atoms with van der Waals surface area (Å²) in [6.45, 7) is -1.21. The molecule has 0 aromatic rings. The van der Waals surface area contributed by atoms with E-state index in [0.717, 1.165) is 12.8 Å². The Hall–Kier alpha value is -0.300. The summed E-state index contributed by atoms with van der Waals surface area (Å²) in [5, 5.41) is 3.40. The molecular weight excluding hydrogens is 315 g/mol. The van der Waals surface area contributed by atoms with Crippen LogP contribution in [0.1, 0.15) is 32.1 Å². The number of hydrogen-bond acceptors (Lipinski definition) is 2. The standard InChI is InChI=1S/C11H17BrF3NO2/c12-5-4-10(17)16-8-2-1-3-9(6-8)18-7-11(13,14)15/h8-9H,1-7H2,(H,16,17). The first-order chi connectivity index (χ1) is 8.40. The molecule has 1 aliphatic rings. The predicted molar refractivity (Wildman–Crippen MR) is 64.6 cm³/mol. The monoisotopic (exact) mass is 331 g/mol. The van der Waals surface area contributed by atoms with Crippen molar-refractivity contribution in [2.24, 2.45) is 0 Å². The molecule has 1 N–H and O–H groups in total. The Balaban J connectivity index is 2.30. The van der Waals surface area contributed by atoms with Gasteiger partial charge < -0.3 is 10.1 Å². The molecule has 1 saturated carbocycles. The van der Waals surface area contributed by atoms with Crippen LogP contribution in [-0.2, 0) is 9.53 Å². The highest BCUT2D eigenvalue weighted by Gasteiger charge is 2.31. The summed E-state index contributed by atoms with van der Waals surface area (Å²) in [4.78, 5) is 11.4. The van der Waals surface area contributed by atoms with Crippen molar-refractivity contribution in [3.63, 3.8) is 0 Å². The van der Waals surface area contributed by atoms with Gasteiger partial charge in [-0.25, -0.2) is 0 Å². The first-order valence-electron chi connectivity index (χ1n) is 5.94. The van der Waals surface area contributed by atoms with Crippen molar-refractivity contribution in [2.45, 2.75) is 50.4 Å². The van der Waals surface area contributed by atoms with Gasteiger partial charge in [-0.3, -0.25) is 4.79 Å². The van der Waals surface area contributed by atoms with E-state index in [9.17, 15) is 18.0 Å². The quantitative estimate of drug-likeness (QED) is 0.787. The van der Waals surface area contributed by atoms with Crippen LogP contribution in [-0.4, -0.2) is 36.2 Å². The minimum Gasteiger partial charge on any atom is -0.369 e. The highest BCUT2D eigenvalue weighted by molar-refractivity contribution is 9.09. The lowest BCUT2D eigenvalue weighted by molar-refractivity contribution is -0.188. The van der Waals surface area contributed by atoms with E-state index in [1.807, 2.05) is 0 Å². The van der Waals surface area contributed by atoms with Crippen molar-refractivity contribution in [3.05, 3.63) is 0 Å². The van der Waals surface area contributed by atoms with E-state index in [1.54, 1.807) is 0 Å². The highest BCUT2D eigenvalue weighted by atomic mass is 79.9. The second kappa shape index (κ2) is 7.33.